The molecule has 5 nitrogen and oxygen atoms in total. The molecule has 0 fully saturated rings. The second-order valence-electron chi connectivity index (χ2n) is 4.96. The number of hydrogen-bond acceptors (Lipinski definition) is 3. The van der Waals surface area contributed by atoms with Crippen LogP contribution in [0.1, 0.15) is 37.7 Å². The molecular formula is C14H21ClN2O3. The Morgan fingerprint density at radius 2 is 2.10 bits per heavy atom. The van der Waals surface area contributed by atoms with Gasteiger partial charge in [0, 0.05) is 12.7 Å². The number of esters is 1. The van der Waals surface area contributed by atoms with Crippen molar-refractivity contribution in [1.82, 2.24) is 9.88 Å². The molecule has 1 rings (SSSR count). The van der Waals surface area contributed by atoms with Gasteiger partial charge in [0.1, 0.15) is 11.7 Å². The molecule has 0 saturated heterocycles. The number of amides is 1. The van der Waals surface area contributed by atoms with Gasteiger partial charge in [-0.1, -0.05) is 32.4 Å². The van der Waals surface area contributed by atoms with Crippen LogP contribution in [-0.2, 0) is 16.1 Å². The fraction of sp³-hybridized carbons (Fsp3) is 0.571. The molecule has 1 amide bonds. The minimum absolute atomic E-state index is 0.0588. The average molecular weight is 301 g/mol. The van der Waals surface area contributed by atoms with Crippen molar-refractivity contribution in [2.75, 3.05) is 7.11 Å². The van der Waals surface area contributed by atoms with Gasteiger partial charge in [-0.3, -0.25) is 4.79 Å². The summed E-state index contributed by atoms with van der Waals surface area (Å²) in [7, 11) is 1.31. The Balaban J connectivity index is 2.91. The topological polar surface area (TPSA) is 60.3 Å². The van der Waals surface area contributed by atoms with Crippen molar-refractivity contribution in [1.29, 1.82) is 0 Å². The Kier molecular flexibility index (Phi) is 6.07. The highest BCUT2D eigenvalue weighted by Crippen LogP contribution is 2.15. The number of carbonyl (C=O) groups is 2. The number of aryl methyl sites for hydroxylation is 1. The zero-order valence-electron chi connectivity index (χ0n) is 12.3. The zero-order chi connectivity index (χ0) is 15.3. The number of nitrogens with one attached hydrogen (secondary N) is 1. The maximum atomic E-state index is 12.3. The van der Waals surface area contributed by atoms with Crippen LogP contribution < -0.4 is 5.32 Å². The molecule has 1 atom stereocenters. The summed E-state index contributed by atoms with van der Waals surface area (Å²) in [6.07, 6.45) is 2.60. The van der Waals surface area contributed by atoms with Gasteiger partial charge >= 0.3 is 5.97 Å². The Hall–Kier alpha value is -1.49. The largest absolute Gasteiger partial charge is 0.467 e. The van der Waals surface area contributed by atoms with Gasteiger partial charge in [0.25, 0.3) is 5.91 Å². The number of hydrogen-bond donors (Lipinski definition) is 1. The van der Waals surface area contributed by atoms with E-state index in [0.29, 0.717) is 17.3 Å². The third-order valence-corrected chi connectivity index (χ3v) is 3.18. The maximum Gasteiger partial charge on any atom is 0.328 e. The first-order valence-electron chi connectivity index (χ1n) is 6.65. The van der Waals surface area contributed by atoms with E-state index in [2.05, 4.69) is 5.32 Å². The molecular weight excluding hydrogens is 280 g/mol. The van der Waals surface area contributed by atoms with E-state index in [0.717, 1.165) is 6.42 Å². The van der Waals surface area contributed by atoms with Crippen LogP contribution in [0, 0.1) is 5.92 Å². The highest BCUT2D eigenvalue weighted by Gasteiger charge is 2.26. The van der Waals surface area contributed by atoms with Gasteiger partial charge < -0.3 is 14.6 Å². The molecule has 0 aliphatic carbocycles. The minimum atomic E-state index is -0.670. The van der Waals surface area contributed by atoms with Gasteiger partial charge in [-0.15, -0.1) is 0 Å². The summed E-state index contributed by atoms with van der Waals surface area (Å²) in [5.74, 6) is -0.834. The smallest absolute Gasteiger partial charge is 0.328 e. The normalized spacial score (nSPS) is 12.3. The van der Waals surface area contributed by atoms with E-state index in [1.807, 2.05) is 20.8 Å². The van der Waals surface area contributed by atoms with Crippen molar-refractivity contribution in [3.63, 3.8) is 0 Å². The van der Waals surface area contributed by atoms with Crippen molar-refractivity contribution in [3.05, 3.63) is 23.0 Å². The Labute approximate surface area is 124 Å². The highest BCUT2D eigenvalue weighted by molar-refractivity contribution is 6.31. The molecule has 1 aromatic rings. The molecule has 6 heteroatoms. The van der Waals surface area contributed by atoms with Gasteiger partial charge in [-0.05, 0) is 18.4 Å². The number of methoxy groups -OCH3 is 1. The molecule has 0 spiro atoms. The summed E-state index contributed by atoms with van der Waals surface area (Å²) < 4.78 is 6.49. The quantitative estimate of drug-likeness (QED) is 0.821. The van der Waals surface area contributed by atoms with Gasteiger partial charge in [0.15, 0.2) is 0 Å². The fourth-order valence-corrected chi connectivity index (χ4v) is 2.15. The van der Waals surface area contributed by atoms with E-state index >= 15 is 0 Å². The van der Waals surface area contributed by atoms with E-state index in [-0.39, 0.29) is 11.8 Å². The number of aromatic nitrogens is 1. The molecule has 0 saturated carbocycles. The number of nitrogens with zero attached hydrogens (tertiary/aromatic N) is 1. The third kappa shape index (κ3) is 4.00. The summed E-state index contributed by atoms with van der Waals surface area (Å²) >= 11 is 5.94. The van der Waals surface area contributed by atoms with E-state index in [9.17, 15) is 9.59 Å². The lowest BCUT2D eigenvalue weighted by Gasteiger charge is -2.20. The van der Waals surface area contributed by atoms with Crippen LogP contribution in [0.4, 0.5) is 0 Å². The van der Waals surface area contributed by atoms with E-state index < -0.39 is 12.0 Å². The number of halogens is 1. The number of rotatable bonds is 6. The van der Waals surface area contributed by atoms with Crippen molar-refractivity contribution in [2.24, 2.45) is 5.92 Å². The summed E-state index contributed by atoms with van der Waals surface area (Å²) in [6, 6.07) is 0.928. The SMILES string of the molecule is CCCn1cc(Cl)cc1C(=O)NC(C(=O)OC)C(C)C. The van der Waals surface area contributed by atoms with Crippen LogP contribution in [0.3, 0.4) is 0 Å². The van der Waals surface area contributed by atoms with Crippen LogP contribution in [0.25, 0.3) is 0 Å². The van der Waals surface area contributed by atoms with E-state index in [1.54, 1.807) is 16.8 Å². The molecule has 1 unspecified atom stereocenters. The van der Waals surface area contributed by atoms with Crippen molar-refractivity contribution in [3.8, 4) is 0 Å². The van der Waals surface area contributed by atoms with E-state index in [1.165, 1.54) is 7.11 Å². The first-order valence-corrected chi connectivity index (χ1v) is 7.02. The number of ether oxygens (including phenoxy) is 1. The first kappa shape index (κ1) is 16.6. The van der Waals surface area contributed by atoms with Crippen molar-refractivity contribution >= 4 is 23.5 Å². The first-order chi connectivity index (χ1) is 9.40. The molecule has 0 aliphatic rings. The predicted octanol–water partition coefficient (Wildman–Crippen LogP) is 2.48. The Morgan fingerprint density at radius 3 is 2.60 bits per heavy atom. The van der Waals surface area contributed by atoms with Gasteiger partial charge in [-0.2, -0.15) is 0 Å². The lowest BCUT2D eigenvalue weighted by molar-refractivity contribution is -0.144. The van der Waals surface area contributed by atoms with Crippen LogP contribution in [-0.4, -0.2) is 29.6 Å². The lowest BCUT2D eigenvalue weighted by Crippen LogP contribution is -2.45. The molecule has 0 radical (unpaired) electrons. The Bertz CT molecular complexity index is 483. The van der Waals surface area contributed by atoms with Crippen molar-refractivity contribution in [2.45, 2.75) is 39.8 Å². The highest BCUT2D eigenvalue weighted by atomic mass is 35.5. The minimum Gasteiger partial charge on any atom is -0.467 e. The van der Waals surface area contributed by atoms with Crippen LogP contribution in [0.5, 0.6) is 0 Å². The molecule has 0 bridgehead atoms. The zero-order valence-corrected chi connectivity index (χ0v) is 13.0. The molecule has 1 aromatic heterocycles. The maximum absolute atomic E-state index is 12.3. The summed E-state index contributed by atoms with van der Waals surface area (Å²) in [5.41, 5.74) is 0.450. The molecule has 1 heterocycles. The molecule has 1 N–H and O–H groups in total. The molecule has 0 aromatic carbocycles. The summed E-state index contributed by atoms with van der Waals surface area (Å²) in [5, 5.41) is 3.21. The van der Waals surface area contributed by atoms with Crippen molar-refractivity contribution < 1.29 is 14.3 Å². The third-order valence-electron chi connectivity index (χ3n) is 2.97. The molecule has 20 heavy (non-hydrogen) atoms. The lowest BCUT2D eigenvalue weighted by atomic mass is 10.0. The molecule has 112 valence electrons. The second-order valence-corrected chi connectivity index (χ2v) is 5.39. The average Bonchev–Trinajstić information content (AvgIpc) is 2.76. The monoisotopic (exact) mass is 300 g/mol. The van der Waals surface area contributed by atoms with Gasteiger partial charge in [0.2, 0.25) is 0 Å². The summed E-state index contributed by atoms with van der Waals surface area (Å²) in [4.78, 5) is 24.0. The van der Waals surface area contributed by atoms with Gasteiger partial charge in [-0.25, -0.2) is 4.79 Å². The summed E-state index contributed by atoms with van der Waals surface area (Å²) in [6.45, 7) is 6.40. The van der Waals surface area contributed by atoms with E-state index in [4.69, 9.17) is 16.3 Å². The second kappa shape index (κ2) is 7.33. The number of carbonyl (C=O) groups excluding carboxylic acids is 2. The molecule has 0 aliphatic heterocycles. The predicted molar refractivity (Wildman–Crippen MR) is 77.8 cm³/mol. The van der Waals surface area contributed by atoms with Crippen LogP contribution in [0.15, 0.2) is 12.3 Å². The van der Waals surface area contributed by atoms with Crippen LogP contribution in [0.2, 0.25) is 5.02 Å². The Morgan fingerprint density at radius 1 is 1.45 bits per heavy atom. The van der Waals surface area contributed by atoms with Gasteiger partial charge in [0.05, 0.1) is 12.1 Å². The fourth-order valence-electron chi connectivity index (χ4n) is 1.93. The van der Waals surface area contributed by atoms with Crippen LogP contribution >= 0.6 is 11.6 Å². The standard InChI is InChI=1S/C14H21ClN2O3/c1-5-6-17-8-10(15)7-11(17)13(18)16-12(9(2)3)14(19)20-4/h7-9,12H,5-6H2,1-4H3,(H,16,18).